The minimum absolute atomic E-state index is 0.0638. The van der Waals surface area contributed by atoms with E-state index in [1.807, 2.05) is 24.3 Å². The zero-order valence-corrected chi connectivity index (χ0v) is 17.2. The lowest BCUT2D eigenvalue weighted by atomic mass is 10.2. The highest BCUT2D eigenvalue weighted by Crippen LogP contribution is 2.34. The lowest BCUT2D eigenvalue weighted by Gasteiger charge is -2.29. The molecule has 3 rings (SSSR count). The molecule has 0 saturated carbocycles. The third-order valence-electron chi connectivity index (χ3n) is 4.53. The van der Waals surface area contributed by atoms with E-state index in [-0.39, 0.29) is 42.7 Å². The van der Waals surface area contributed by atoms with Crippen LogP contribution in [0.25, 0.3) is 0 Å². The molecule has 0 aliphatic carbocycles. The number of benzene rings is 2. The van der Waals surface area contributed by atoms with Gasteiger partial charge in [-0.2, -0.15) is 8.78 Å². The van der Waals surface area contributed by atoms with Crippen LogP contribution in [0.1, 0.15) is 18.4 Å². The predicted molar refractivity (Wildman–Crippen MR) is 110 cm³/mol. The van der Waals surface area contributed by atoms with Crippen molar-refractivity contribution in [3.8, 4) is 11.5 Å². The molecule has 9 heteroatoms. The largest absolute Gasteiger partial charge is 0.493 e. The standard InChI is InChI=1S/C21H22F2N2O4S/c1-28-17-12-14(6-7-16(17)29-21(22)23)13-24-19(26)8-9-20(27)25-10-11-30-18-5-3-2-4-15(18)25/h2-7,12,21H,8-11,13H2,1H3,(H,24,26). The quantitative estimate of drug-likeness (QED) is 0.681. The van der Waals surface area contributed by atoms with Crippen LogP contribution in [0.5, 0.6) is 11.5 Å². The minimum atomic E-state index is -2.95. The van der Waals surface area contributed by atoms with Crippen LogP contribution in [-0.4, -0.2) is 37.8 Å². The maximum absolute atomic E-state index is 12.6. The summed E-state index contributed by atoms with van der Waals surface area (Å²) in [5, 5.41) is 2.73. The Morgan fingerprint density at radius 2 is 1.97 bits per heavy atom. The Balaban J connectivity index is 1.50. The number of thioether (sulfide) groups is 1. The summed E-state index contributed by atoms with van der Waals surface area (Å²) in [4.78, 5) is 27.6. The number of amides is 2. The lowest BCUT2D eigenvalue weighted by molar-refractivity contribution is -0.125. The van der Waals surface area contributed by atoms with Gasteiger partial charge in [0, 0.05) is 36.6 Å². The smallest absolute Gasteiger partial charge is 0.387 e. The molecular formula is C21H22F2N2O4S. The topological polar surface area (TPSA) is 67.9 Å². The number of nitrogens with one attached hydrogen (secondary N) is 1. The van der Waals surface area contributed by atoms with Gasteiger partial charge in [-0.1, -0.05) is 18.2 Å². The van der Waals surface area contributed by atoms with Crippen molar-refractivity contribution in [3.63, 3.8) is 0 Å². The molecule has 1 aliphatic heterocycles. The third kappa shape index (κ3) is 5.63. The third-order valence-corrected chi connectivity index (χ3v) is 5.57. The molecule has 0 aromatic heterocycles. The predicted octanol–water partition coefficient (Wildman–Crippen LogP) is 3.83. The molecule has 1 N–H and O–H groups in total. The minimum Gasteiger partial charge on any atom is -0.493 e. The second-order valence-corrected chi connectivity index (χ2v) is 7.64. The average molecular weight is 436 g/mol. The summed E-state index contributed by atoms with van der Waals surface area (Å²) < 4.78 is 34.2. The summed E-state index contributed by atoms with van der Waals surface area (Å²) in [5.74, 6) is 0.539. The monoisotopic (exact) mass is 436 g/mol. The second kappa shape index (κ2) is 10.3. The Kier molecular flexibility index (Phi) is 7.51. The SMILES string of the molecule is COc1cc(CNC(=O)CCC(=O)N2CCSc3ccccc32)ccc1OC(F)F. The van der Waals surface area contributed by atoms with Crippen LogP contribution in [-0.2, 0) is 16.1 Å². The number of halogens is 2. The summed E-state index contributed by atoms with van der Waals surface area (Å²) in [5.41, 5.74) is 1.55. The highest BCUT2D eigenvalue weighted by Gasteiger charge is 2.22. The molecule has 30 heavy (non-hydrogen) atoms. The number of ether oxygens (including phenoxy) is 2. The molecule has 0 bridgehead atoms. The molecule has 0 saturated heterocycles. The van der Waals surface area contributed by atoms with Gasteiger partial charge in [0.15, 0.2) is 11.5 Å². The fraction of sp³-hybridized carbons (Fsp3) is 0.333. The van der Waals surface area contributed by atoms with Crippen molar-refractivity contribution in [3.05, 3.63) is 48.0 Å². The molecule has 2 amide bonds. The van der Waals surface area contributed by atoms with E-state index in [1.165, 1.54) is 19.2 Å². The van der Waals surface area contributed by atoms with Crippen molar-refractivity contribution >= 4 is 29.3 Å². The lowest BCUT2D eigenvalue weighted by Crippen LogP contribution is -2.36. The first-order chi connectivity index (χ1) is 14.5. The van der Waals surface area contributed by atoms with Crippen LogP contribution >= 0.6 is 11.8 Å². The van der Waals surface area contributed by atoms with E-state index in [2.05, 4.69) is 10.1 Å². The van der Waals surface area contributed by atoms with Crippen molar-refractivity contribution < 1.29 is 27.8 Å². The van der Waals surface area contributed by atoms with Crippen LogP contribution in [0.2, 0.25) is 0 Å². The van der Waals surface area contributed by atoms with Crippen LogP contribution in [0.3, 0.4) is 0 Å². The summed E-state index contributed by atoms with van der Waals surface area (Å²) in [6.07, 6.45) is 0.170. The first kappa shape index (κ1) is 21.9. The summed E-state index contributed by atoms with van der Waals surface area (Å²) in [7, 11) is 1.35. The van der Waals surface area contributed by atoms with Crippen LogP contribution in [0, 0.1) is 0 Å². The van der Waals surface area contributed by atoms with Crippen molar-refractivity contribution in [2.45, 2.75) is 30.9 Å². The van der Waals surface area contributed by atoms with Gasteiger partial charge in [-0.3, -0.25) is 9.59 Å². The number of carbonyl (C=O) groups excluding carboxylic acids is 2. The van der Waals surface area contributed by atoms with Gasteiger partial charge in [0.2, 0.25) is 11.8 Å². The number of rotatable bonds is 8. The van der Waals surface area contributed by atoms with E-state index in [0.717, 1.165) is 16.3 Å². The number of alkyl halides is 2. The number of hydrogen-bond acceptors (Lipinski definition) is 5. The maximum atomic E-state index is 12.6. The van der Waals surface area contributed by atoms with Crippen molar-refractivity contribution in [2.75, 3.05) is 24.3 Å². The number of nitrogens with zero attached hydrogens (tertiary/aromatic N) is 1. The summed E-state index contributed by atoms with van der Waals surface area (Å²) >= 11 is 1.71. The number of para-hydroxylation sites is 1. The molecule has 0 radical (unpaired) electrons. The molecule has 160 valence electrons. The van der Waals surface area contributed by atoms with Gasteiger partial charge in [-0.15, -0.1) is 11.8 Å². The Morgan fingerprint density at radius 3 is 2.73 bits per heavy atom. The number of anilines is 1. The van der Waals surface area contributed by atoms with Crippen LogP contribution < -0.4 is 19.7 Å². The number of carbonyl (C=O) groups is 2. The van der Waals surface area contributed by atoms with E-state index in [4.69, 9.17) is 4.74 Å². The van der Waals surface area contributed by atoms with E-state index in [9.17, 15) is 18.4 Å². The molecular weight excluding hydrogens is 414 g/mol. The zero-order chi connectivity index (χ0) is 21.5. The van der Waals surface area contributed by atoms with Crippen LogP contribution in [0.15, 0.2) is 47.4 Å². The summed E-state index contributed by atoms with van der Waals surface area (Å²) in [6.45, 7) is -2.15. The Hall–Kier alpha value is -2.81. The zero-order valence-electron chi connectivity index (χ0n) is 16.4. The molecule has 2 aromatic rings. The molecule has 1 aliphatic rings. The Bertz CT molecular complexity index is 910. The van der Waals surface area contributed by atoms with Gasteiger partial charge >= 0.3 is 6.61 Å². The second-order valence-electron chi connectivity index (χ2n) is 6.50. The highest BCUT2D eigenvalue weighted by molar-refractivity contribution is 7.99. The van der Waals surface area contributed by atoms with Gasteiger partial charge in [0.05, 0.1) is 12.8 Å². The van der Waals surface area contributed by atoms with Gasteiger partial charge in [0.25, 0.3) is 0 Å². The molecule has 0 unspecified atom stereocenters. The molecule has 1 heterocycles. The molecule has 0 atom stereocenters. The van der Waals surface area contributed by atoms with E-state index >= 15 is 0 Å². The number of hydrogen-bond donors (Lipinski definition) is 1. The number of methoxy groups -OCH3 is 1. The average Bonchev–Trinajstić information content (AvgIpc) is 2.75. The highest BCUT2D eigenvalue weighted by atomic mass is 32.2. The normalized spacial score (nSPS) is 13.0. The van der Waals surface area contributed by atoms with Gasteiger partial charge in [-0.05, 0) is 29.8 Å². The van der Waals surface area contributed by atoms with Gasteiger partial charge in [0.1, 0.15) is 0 Å². The molecule has 0 spiro atoms. The first-order valence-corrected chi connectivity index (χ1v) is 10.4. The van der Waals surface area contributed by atoms with Crippen molar-refractivity contribution in [2.24, 2.45) is 0 Å². The fourth-order valence-electron chi connectivity index (χ4n) is 3.09. The van der Waals surface area contributed by atoms with E-state index in [1.54, 1.807) is 22.7 Å². The Morgan fingerprint density at radius 1 is 1.17 bits per heavy atom. The van der Waals surface area contributed by atoms with Crippen molar-refractivity contribution in [1.82, 2.24) is 5.32 Å². The van der Waals surface area contributed by atoms with Gasteiger partial charge < -0.3 is 19.7 Å². The first-order valence-electron chi connectivity index (χ1n) is 9.38. The Labute approximate surface area is 177 Å². The molecule has 2 aromatic carbocycles. The van der Waals surface area contributed by atoms with E-state index < -0.39 is 6.61 Å². The van der Waals surface area contributed by atoms with Crippen molar-refractivity contribution in [1.29, 1.82) is 0 Å². The van der Waals surface area contributed by atoms with Gasteiger partial charge in [-0.25, -0.2) is 0 Å². The molecule has 6 nitrogen and oxygen atoms in total. The van der Waals surface area contributed by atoms with E-state index in [0.29, 0.717) is 12.1 Å². The fourth-order valence-corrected chi connectivity index (χ4v) is 4.08. The molecule has 0 fully saturated rings. The van der Waals surface area contributed by atoms with Crippen LogP contribution in [0.4, 0.5) is 14.5 Å². The summed E-state index contributed by atoms with van der Waals surface area (Å²) in [6, 6.07) is 12.2. The maximum Gasteiger partial charge on any atom is 0.387 e. The number of fused-ring (bicyclic) bond motifs is 1.